The highest BCUT2D eigenvalue weighted by atomic mass is 16.5. The highest BCUT2D eigenvalue weighted by Gasteiger charge is 2.35. The Morgan fingerprint density at radius 3 is 2.68 bits per heavy atom. The third kappa shape index (κ3) is 7.82. The summed E-state index contributed by atoms with van der Waals surface area (Å²) in [6, 6.07) is 12.2. The van der Waals surface area contributed by atoms with Crippen molar-refractivity contribution in [1.82, 2.24) is 14.8 Å². The van der Waals surface area contributed by atoms with E-state index in [1.54, 1.807) is 7.11 Å². The van der Waals surface area contributed by atoms with Crippen molar-refractivity contribution >= 4 is 5.91 Å². The van der Waals surface area contributed by atoms with Crippen molar-refractivity contribution in [3.63, 3.8) is 0 Å². The first kappa shape index (κ1) is 27.7. The zero-order chi connectivity index (χ0) is 26.3. The Balaban J connectivity index is 1.46. The lowest BCUT2D eigenvalue weighted by Crippen LogP contribution is -2.47. The average molecular weight is 512 g/mol. The zero-order valence-electron chi connectivity index (χ0n) is 22.8. The topological polar surface area (TPSA) is 78.0 Å². The van der Waals surface area contributed by atoms with Gasteiger partial charge in [-0.25, -0.2) is 0 Å². The molecule has 2 N–H and O–H groups in total. The van der Waals surface area contributed by atoms with Gasteiger partial charge in [-0.1, -0.05) is 26.0 Å². The van der Waals surface area contributed by atoms with Gasteiger partial charge in [0.05, 0.1) is 19.8 Å². The number of aromatic nitrogens is 1. The molecule has 1 aromatic carbocycles. The van der Waals surface area contributed by atoms with Crippen LogP contribution in [0.3, 0.4) is 0 Å². The molecule has 7 heteroatoms. The molecule has 1 amide bonds. The fourth-order valence-electron chi connectivity index (χ4n) is 5.66. The zero-order valence-corrected chi connectivity index (χ0v) is 22.8. The number of piperidine rings is 1. The lowest BCUT2D eigenvalue weighted by molar-refractivity contribution is -0.136. The summed E-state index contributed by atoms with van der Waals surface area (Å²) in [6.07, 6.45) is 5.71. The number of hydrogen-bond acceptors (Lipinski definition) is 5. The second kappa shape index (κ2) is 12.9. The van der Waals surface area contributed by atoms with E-state index >= 15 is 0 Å². The molecule has 2 aliphatic heterocycles. The molecule has 2 aromatic rings. The highest BCUT2D eigenvalue weighted by molar-refractivity contribution is 5.76. The Morgan fingerprint density at radius 1 is 1.14 bits per heavy atom. The monoisotopic (exact) mass is 511 g/mol. The number of benzene rings is 1. The fraction of sp³-hybridized carbons (Fsp3) is 0.633. The maximum atomic E-state index is 13.7. The standard InChI is InChI=1S/C30H45N3O4/c1-30(2)22-37-17-5-6-25-19-32(20-26-7-4-14-31-26)15-13-24(25)18-29(35)33(21-28(30)34)16-12-23-8-10-27(36-3)11-9-23/h4,7-11,14,24-25,28,31,34H,5-6,12-13,15-22H2,1-3H3/t24-,25-,28-/m0/s1. The Morgan fingerprint density at radius 2 is 1.95 bits per heavy atom. The Kier molecular flexibility index (Phi) is 9.68. The molecule has 0 unspecified atom stereocenters. The van der Waals surface area contributed by atoms with Gasteiger partial charge in [-0.3, -0.25) is 9.69 Å². The number of likely N-dealkylation sites (tertiary alicyclic amines) is 1. The molecule has 0 bridgehead atoms. The first-order chi connectivity index (χ1) is 17.8. The molecule has 37 heavy (non-hydrogen) atoms. The van der Waals surface area contributed by atoms with Crippen molar-refractivity contribution in [2.24, 2.45) is 17.3 Å². The van der Waals surface area contributed by atoms with Crippen LogP contribution >= 0.6 is 0 Å². The van der Waals surface area contributed by atoms with Crippen LogP contribution in [-0.2, 0) is 22.5 Å². The van der Waals surface area contributed by atoms with Gasteiger partial charge in [0.25, 0.3) is 0 Å². The fourth-order valence-corrected chi connectivity index (χ4v) is 5.66. The predicted molar refractivity (Wildman–Crippen MR) is 145 cm³/mol. The molecule has 2 aliphatic rings. The number of methoxy groups -OCH3 is 1. The van der Waals surface area contributed by atoms with Gasteiger partial charge in [-0.15, -0.1) is 0 Å². The molecule has 7 nitrogen and oxygen atoms in total. The molecule has 0 radical (unpaired) electrons. The SMILES string of the molecule is COc1ccc(CCN2C[C@H](O)C(C)(C)COCCC[C@H]3CN(Cc4ccc[nH]4)CC[C@H]3CC2=O)cc1. The normalized spacial score (nSPS) is 26.0. The van der Waals surface area contributed by atoms with Gasteiger partial charge >= 0.3 is 0 Å². The number of nitrogens with zero attached hydrogens (tertiary/aromatic N) is 2. The second-order valence-corrected chi connectivity index (χ2v) is 11.6. The number of carbonyl (C=O) groups is 1. The largest absolute Gasteiger partial charge is 0.497 e. The number of H-pyrrole nitrogens is 1. The minimum atomic E-state index is -0.647. The quantitative estimate of drug-likeness (QED) is 0.610. The van der Waals surface area contributed by atoms with E-state index in [0.717, 1.165) is 56.6 Å². The summed E-state index contributed by atoms with van der Waals surface area (Å²) in [7, 11) is 1.66. The first-order valence-electron chi connectivity index (χ1n) is 13.8. The molecule has 0 aliphatic carbocycles. The highest BCUT2D eigenvalue weighted by Crippen LogP contribution is 2.32. The predicted octanol–water partition coefficient (Wildman–Crippen LogP) is 4.12. The molecular formula is C30H45N3O4. The van der Waals surface area contributed by atoms with Gasteiger partial charge in [0.15, 0.2) is 0 Å². The van der Waals surface area contributed by atoms with E-state index in [1.165, 1.54) is 5.69 Å². The molecule has 3 atom stereocenters. The number of carbonyl (C=O) groups excluding carboxylic acids is 1. The maximum absolute atomic E-state index is 13.7. The molecule has 4 rings (SSSR count). The van der Waals surface area contributed by atoms with Crippen molar-refractivity contribution in [3.8, 4) is 5.75 Å². The van der Waals surface area contributed by atoms with Crippen LogP contribution in [0.15, 0.2) is 42.6 Å². The first-order valence-corrected chi connectivity index (χ1v) is 13.8. The third-order valence-corrected chi connectivity index (χ3v) is 8.28. The molecule has 3 heterocycles. The third-order valence-electron chi connectivity index (χ3n) is 8.28. The molecule has 2 saturated heterocycles. The number of aromatic amines is 1. The summed E-state index contributed by atoms with van der Waals surface area (Å²) in [5, 5.41) is 11.1. The van der Waals surface area contributed by atoms with E-state index in [4.69, 9.17) is 9.47 Å². The molecule has 204 valence electrons. The van der Waals surface area contributed by atoms with E-state index in [-0.39, 0.29) is 5.91 Å². The Hall–Kier alpha value is -2.35. The summed E-state index contributed by atoms with van der Waals surface area (Å²) in [4.78, 5) is 21.5. The van der Waals surface area contributed by atoms with Crippen molar-refractivity contribution in [2.75, 3.05) is 46.5 Å². The van der Waals surface area contributed by atoms with Crippen molar-refractivity contribution in [2.45, 2.75) is 58.6 Å². The molecular weight excluding hydrogens is 466 g/mol. The molecule has 1 aromatic heterocycles. The summed E-state index contributed by atoms with van der Waals surface area (Å²) in [6.45, 7) is 9.12. The van der Waals surface area contributed by atoms with E-state index in [1.807, 2.05) is 55.3 Å². The van der Waals surface area contributed by atoms with Crippen molar-refractivity contribution in [1.29, 1.82) is 0 Å². The van der Waals surface area contributed by atoms with Crippen LogP contribution in [0.25, 0.3) is 0 Å². The number of hydrogen-bond donors (Lipinski definition) is 2. The van der Waals surface area contributed by atoms with Gasteiger partial charge in [0.1, 0.15) is 5.75 Å². The molecule has 0 spiro atoms. The second-order valence-electron chi connectivity index (χ2n) is 11.6. The van der Waals surface area contributed by atoms with Crippen LogP contribution in [0.5, 0.6) is 5.75 Å². The summed E-state index contributed by atoms with van der Waals surface area (Å²) < 4.78 is 11.3. The lowest BCUT2D eigenvalue weighted by Gasteiger charge is -2.39. The summed E-state index contributed by atoms with van der Waals surface area (Å²) >= 11 is 0. The number of aliphatic hydroxyl groups is 1. The van der Waals surface area contributed by atoms with E-state index in [2.05, 4.69) is 16.0 Å². The minimum absolute atomic E-state index is 0.163. The summed E-state index contributed by atoms with van der Waals surface area (Å²) in [5.41, 5.74) is 1.97. The Bertz CT molecular complexity index is 960. The van der Waals surface area contributed by atoms with E-state index in [0.29, 0.717) is 44.6 Å². The van der Waals surface area contributed by atoms with E-state index in [9.17, 15) is 9.90 Å². The van der Waals surface area contributed by atoms with Gasteiger partial charge < -0.3 is 24.5 Å². The van der Waals surface area contributed by atoms with E-state index < -0.39 is 11.5 Å². The van der Waals surface area contributed by atoms with Crippen LogP contribution in [0.4, 0.5) is 0 Å². The number of ether oxygens (including phenoxy) is 2. The number of β-amino-alcohol motifs (C(OH)–C–C–N with tert-alkyl or cyclic N) is 1. The molecule has 2 fully saturated rings. The maximum Gasteiger partial charge on any atom is 0.222 e. The number of rotatable bonds is 6. The average Bonchev–Trinajstić information content (AvgIpc) is 3.40. The van der Waals surface area contributed by atoms with Gasteiger partial charge in [0.2, 0.25) is 5.91 Å². The Labute approximate surface area is 222 Å². The van der Waals surface area contributed by atoms with Gasteiger partial charge in [0, 0.05) is 56.5 Å². The molecule has 0 saturated carbocycles. The lowest BCUT2D eigenvalue weighted by atomic mass is 9.80. The number of amides is 1. The number of fused-ring (bicyclic) bond motifs is 1. The van der Waals surface area contributed by atoms with Crippen LogP contribution in [-0.4, -0.2) is 78.4 Å². The van der Waals surface area contributed by atoms with Crippen LogP contribution in [0.1, 0.15) is 50.8 Å². The minimum Gasteiger partial charge on any atom is -0.497 e. The van der Waals surface area contributed by atoms with Crippen LogP contribution < -0.4 is 4.74 Å². The van der Waals surface area contributed by atoms with Gasteiger partial charge in [-0.05, 0) is 73.9 Å². The smallest absolute Gasteiger partial charge is 0.222 e. The number of nitrogens with one attached hydrogen (secondary N) is 1. The number of aliphatic hydroxyl groups excluding tert-OH is 1. The van der Waals surface area contributed by atoms with Crippen molar-refractivity contribution in [3.05, 3.63) is 53.9 Å². The van der Waals surface area contributed by atoms with Gasteiger partial charge in [-0.2, -0.15) is 0 Å². The van der Waals surface area contributed by atoms with Crippen molar-refractivity contribution < 1.29 is 19.4 Å². The summed E-state index contributed by atoms with van der Waals surface area (Å²) in [5.74, 6) is 1.82. The van der Waals surface area contributed by atoms with Crippen LogP contribution in [0.2, 0.25) is 0 Å². The van der Waals surface area contributed by atoms with Crippen LogP contribution in [0, 0.1) is 17.3 Å².